The van der Waals surface area contributed by atoms with Crippen LogP contribution < -0.4 is 10.6 Å². The number of para-hydroxylation sites is 1. The molecule has 3 unspecified atom stereocenters. The molecule has 3 atom stereocenters. The molecule has 1 amide bonds. The number of rotatable bonds is 2. The van der Waals surface area contributed by atoms with Crippen molar-refractivity contribution in [3.8, 4) is 0 Å². The lowest BCUT2D eigenvalue weighted by Gasteiger charge is -2.23. The summed E-state index contributed by atoms with van der Waals surface area (Å²) in [7, 11) is 0. The molecule has 1 saturated carbocycles. The van der Waals surface area contributed by atoms with E-state index in [1.54, 1.807) is 6.20 Å². The van der Waals surface area contributed by atoms with Gasteiger partial charge in [-0.25, -0.2) is 4.98 Å². The number of amides is 1. The number of hydrogen-bond acceptors (Lipinski definition) is 3. The number of fused-ring (bicyclic) bond motifs is 5. The Labute approximate surface area is 133 Å². The second kappa shape index (κ2) is 4.80. The van der Waals surface area contributed by atoms with Crippen molar-refractivity contribution >= 4 is 27.7 Å². The number of aromatic nitrogens is 2. The van der Waals surface area contributed by atoms with Gasteiger partial charge in [-0.05, 0) is 30.9 Å². The van der Waals surface area contributed by atoms with Crippen molar-refractivity contribution in [3.63, 3.8) is 0 Å². The monoisotopic (exact) mass is 306 g/mol. The predicted molar refractivity (Wildman–Crippen MR) is 89.4 cm³/mol. The highest BCUT2D eigenvalue weighted by Gasteiger charge is 2.40. The normalized spacial score (nSPS) is 26.2. The standard InChI is InChI=1S/C18H18N4O/c23-18(22-15-6-11-5-10(15)8-19-11)16-7-13-12-3-1-2-4-14(12)21-17(13)9-20-16/h1-4,7,9-11,15,19,21H,5-6,8H2,(H,22,23). The zero-order chi connectivity index (χ0) is 15.4. The van der Waals surface area contributed by atoms with Crippen LogP contribution in [0.25, 0.3) is 21.8 Å². The molecule has 3 heterocycles. The number of nitrogens with one attached hydrogen (secondary N) is 3. The molecule has 5 heteroatoms. The lowest BCUT2D eigenvalue weighted by molar-refractivity contribution is 0.0920. The number of nitrogens with zero attached hydrogens (tertiary/aromatic N) is 1. The summed E-state index contributed by atoms with van der Waals surface area (Å²) in [6, 6.07) is 10.9. The van der Waals surface area contributed by atoms with E-state index >= 15 is 0 Å². The van der Waals surface area contributed by atoms with Gasteiger partial charge in [0.25, 0.3) is 5.91 Å². The van der Waals surface area contributed by atoms with E-state index in [9.17, 15) is 4.79 Å². The molecule has 1 aliphatic heterocycles. The van der Waals surface area contributed by atoms with E-state index in [2.05, 4.69) is 26.7 Å². The number of aromatic amines is 1. The van der Waals surface area contributed by atoms with Crippen LogP contribution >= 0.6 is 0 Å². The average Bonchev–Trinajstić information content (AvgIpc) is 3.27. The smallest absolute Gasteiger partial charge is 0.270 e. The number of carbonyl (C=O) groups is 1. The van der Waals surface area contributed by atoms with E-state index in [4.69, 9.17) is 0 Å². The fraction of sp³-hybridized carbons (Fsp3) is 0.333. The molecule has 3 aromatic rings. The van der Waals surface area contributed by atoms with Crippen LogP contribution in [-0.4, -0.2) is 34.5 Å². The molecule has 23 heavy (non-hydrogen) atoms. The molecular formula is C18H18N4O. The van der Waals surface area contributed by atoms with Gasteiger partial charge in [0.1, 0.15) is 5.69 Å². The van der Waals surface area contributed by atoms with Crippen LogP contribution in [0.4, 0.5) is 0 Å². The van der Waals surface area contributed by atoms with E-state index in [1.165, 1.54) is 6.42 Å². The average molecular weight is 306 g/mol. The minimum absolute atomic E-state index is 0.0604. The van der Waals surface area contributed by atoms with Gasteiger partial charge in [0.15, 0.2) is 0 Å². The highest BCUT2D eigenvalue weighted by Crippen LogP contribution is 2.31. The summed E-state index contributed by atoms with van der Waals surface area (Å²) in [6.07, 6.45) is 3.97. The first-order valence-electron chi connectivity index (χ1n) is 8.18. The van der Waals surface area contributed by atoms with Gasteiger partial charge >= 0.3 is 0 Å². The number of H-pyrrole nitrogens is 1. The Kier molecular flexibility index (Phi) is 2.73. The van der Waals surface area contributed by atoms with Crippen molar-refractivity contribution in [1.82, 2.24) is 20.6 Å². The first-order valence-corrected chi connectivity index (χ1v) is 8.18. The summed E-state index contributed by atoms with van der Waals surface area (Å²) >= 11 is 0. The highest BCUT2D eigenvalue weighted by atomic mass is 16.1. The number of hydrogen-bond donors (Lipinski definition) is 3. The van der Waals surface area contributed by atoms with Crippen molar-refractivity contribution in [1.29, 1.82) is 0 Å². The maximum Gasteiger partial charge on any atom is 0.270 e. The van der Waals surface area contributed by atoms with Crippen LogP contribution in [0.1, 0.15) is 23.3 Å². The van der Waals surface area contributed by atoms with Crippen molar-refractivity contribution in [2.24, 2.45) is 5.92 Å². The Morgan fingerprint density at radius 1 is 1.17 bits per heavy atom. The van der Waals surface area contributed by atoms with Crippen LogP contribution in [-0.2, 0) is 0 Å². The Morgan fingerprint density at radius 2 is 2.09 bits per heavy atom. The molecule has 1 aromatic carbocycles. The van der Waals surface area contributed by atoms with Gasteiger partial charge in [-0.3, -0.25) is 4.79 Å². The minimum Gasteiger partial charge on any atom is -0.353 e. The summed E-state index contributed by atoms with van der Waals surface area (Å²) < 4.78 is 0. The molecule has 0 spiro atoms. The van der Waals surface area contributed by atoms with E-state index in [0.29, 0.717) is 17.7 Å². The van der Waals surface area contributed by atoms with Crippen molar-refractivity contribution in [2.75, 3.05) is 6.54 Å². The van der Waals surface area contributed by atoms with Crippen molar-refractivity contribution < 1.29 is 4.79 Å². The lowest BCUT2D eigenvalue weighted by atomic mass is 10.0. The van der Waals surface area contributed by atoms with Crippen molar-refractivity contribution in [3.05, 3.63) is 42.2 Å². The summed E-state index contributed by atoms with van der Waals surface area (Å²) in [5.41, 5.74) is 2.53. The molecule has 0 radical (unpaired) electrons. The van der Waals surface area contributed by atoms with Gasteiger partial charge in [0.05, 0.1) is 11.7 Å². The fourth-order valence-corrected chi connectivity index (χ4v) is 4.13. The molecule has 1 saturated heterocycles. The number of benzene rings is 1. The third kappa shape index (κ3) is 2.04. The van der Waals surface area contributed by atoms with Crippen molar-refractivity contribution in [2.45, 2.75) is 24.9 Å². The molecule has 5 nitrogen and oxygen atoms in total. The van der Waals surface area contributed by atoms with Crippen LogP contribution in [0.2, 0.25) is 0 Å². The summed E-state index contributed by atoms with van der Waals surface area (Å²) in [5.74, 6) is 0.510. The van der Waals surface area contributed by atoms with Gasteiger partial charge in [0, 0.05) is 34.9 Å². The van der Waals surface area contributed by atoms with E-state index in [0.717, 1.165) is 34.8 Å². The van der Waals surface area contributed by atoms with Crippen LogP contribution in [0.15, 0.2) is 36.5 Å². The van der Waals surface area contributed by atoms with E-state index in [-0.39, 0.29) is 11.9 Å². The number of pyridine rings is 1. The van der Waals surface area contributed by atoms with Gasteiger partial charge in [0.2, 0.25) is 0 Å². The lowest BCUT2D eigenvalue weighted by Crippen LogP contribution is -2.44. The summed E-state index contributed by atoms with van der Waals surface area (Å²) in [5, 5.41) is 8.83. The Balaban J connectivity index is 1.47. The second-order valence-corrected chi connectivity index (χ2v) is 6.70. The second-order valence-electron chi connectivity index (χ2n) is 6.70. The first-order chi connectivity index (χ1) is 11.3. The summed E-state index contributed by atoms with van der Waals surface area (Å²) in [4.78, 5) is 20.3. The quantitative estimate of drug-likeness (QED) is 0.680. The fourth-order valence-electron chi connectivity index (χ4n) is 4.13. The maximum atomic E-state index is 12.6. The van der Waals surface area contributed by atoms with Crippen LogP contribution in [0.5, 0.6) is 0 Å². The minimum atomic E-state index is -0.0604. The van der Waals surface area contributed by atoms with Gasteiger partial charge in [-0.15, -0.1) is 0 Å². The highest BCUT2D eigenvalue weighted by molar-refractivity contribution is 6.09. The van der Waals surface area contributed by atoms with E-state index in [1.807, 2.05) is 24.3 Å². The summed E-state index contributed by atoms with van der Waals surface area (Å²) in [6.45, 7) is 1.02. The Hall–Kier alpha value is -2.40. The van der Waals surface area contributed by atoms with Gasteiger partial charge in [-0.2, -0.15) is 0 Å². The van der Waals surface area contributed by atoms with Gasteiger partial charge < -0.3 is 15.6 Å². The molecule has 2 aromatic heterocycles. The van der Waals surface area contributed by atoms with Gasteiger partial charge in [-0.1, -0.05) is 18.2 Å². The third-order valence-electron chi connectivity index (χ3n) is 5.30. The molecule has 1 aliphatic carbocycles. The zero-order valence-electron chi connectivity index (χ0n) is 12.7. The Bertz CT molecular complexity index is 916. The first kappa shape index (κ1) is 13.1. The number of carbonyl (C=O) groups excluding carboxylic acids is 1. The molecule has 116 valence electrons. The molecule has 2 aliphatic rings. The molecule has 3 N–H and O–H groups in total. The molecule has 5 rings (SSSR count). The van der Waals surface area contributed by atoms with Crippen LogP contribution in [0, 0.1) is 5.92 Å². The van der Waals surface area contributed by atoms with E-state index < -0.39 is 0 Å². The Morgan fingerprint density at radius 3 is 2.91 bits per heavy atom. The largest absolute Gasteiger partial charge is 0.353 e. The topological polar surface area (TPSA) is 69.8 Å². The maximum absolute atomic E-state index is 12.6. The zero-order valence-corrected chi connectivity index (χ0v) is 12.7. The molecule has 2 bridgehead atoms. The van der Waals surface area contributed by atoms with Crippen LogP contribution in [0.3, 0.4) is 0 Å². The predicted octanol–water partition coefficient (Wildman–Crippen LogP) is 2.20. The number of piperidine rings is 1. The SMILES string of the molecule is O=C(NC1CC2CC1CN2)c1cc2c(cn1)[nH]c1ccccc12. The molecular weight excluding hydrogens is 288 g/mol. The molecule has 2 fully saturated rings. The third-order valence-corrected chi connectivity index (χ3v) is 5.30.